The molecule has 8 nitrogen and oxygen atoms in total. The second-order valence-corrected chi connectivity index (χ2v) is 8.30. The summed E-state index contributed by atoms with van der Waals surface area (Å²) in [4.78, 5) is 33.0. The minimum absolute atomic E-state index is 0.00266. The van der Waals surface area contributed by atoms with E-state index in [9.17, 15) is 9.59 Å². The van der Waals surface area contributed by atoms with Crippen LogP contribution in [-0.2, 0) is 13.0 Å². The summed E-state index contributed by atoms with van der Waals surface area (Å²) in [6, 6.07) is 16.9. The molecule has 0 radical (unpaired) electrons. The molecule has 8 heteroatoms. The van der Waals surface area contributed by atoms with Gasteiger partial charge in [-0.05, 0) is 48.7 Å². The third kappa shape index (κ3) is 4.71. The molecule has 0 fully saturated rings. The summed E-state index contributed by atoms with van der Waals surface area (Å²) in [5, 5.41) is 9.09. The second-order valence-electron chi connectivity index (χ2n) is 8.30. The van der Waals surface area contributed by atoms with Crippen molar-refractivity contribution < 1.29 is 14.0 Å². The Morgan fingerprint density at radius 1 is 1.03 bits per heavy atom. The average Bonchev–Trinajstić information content (AvgIpc) is 3.51. The number of furan rings is 1. The van der Waals surface area contributed by atoms with Crippen molar-refractivity contribution in [3.05, 3.63) is 90.3 Å². The minimum atomic E-state index is -0.287. The molecule has 0 saturated heterocycles. The molecule has 172 valence electrons. The van der Waals surface area contributed by atoms with E-state index in [-0.39, 0.29) is 17.7 Å². The van der Waals surface area contributed by atoms with Gasteiger partial charge in [-0.25, -0.2) is 4.79 Å². The minimum Gasteiger partial charge on any atom is -0.467 e. The molecule has 0 saturated carbocycles. The third-order valence-electron chi connectivity index (χ3n) is 5.89. The topological polar surface area (TPSA) is 112 Å². The van der Waals surface area contributed by atoms with Crippen LogP contribution < -0.4 is 16.0 Å². The first-order valence-electron chi connectivity index (χ1n) is 11.2. The van der Waals surface area contributed by atoms with Crippen LogP contribution in [0.1, 0.15) is 28.2 Å². The number of para-hydroxylation sites is 1. The molecule has 0 aliphatic heterocycles. The predicted octanol–water partition coefficient (Wildman–Crippen LogP) is 4.66. The summed E-state index contributed by atoms with van der Waals surface area (Å²) in [5.74, 6) is 0.739. The number of carbonyl (C=O) groups is 2. The number of urea groups is 1. The SMILES string of the molecule is O=C(NCc1ccco1)NCC1CC(=O)c2c([nH]c(-c3ccncc3)c2Nc2ccccc2)C1. The number of pyridine rings is 1. The lowest BCUT2D eigenvalue weighted by Crippen LogP contribution is -2.39. The maximum absolute atomic E-state index is 13.3. The number of benzene rings is 1. The summed E-state index contributed by atoms with van der Waals surface area (Å²) in [6.07, 6.45) is 6.06. The van der Waals surface area contributed by atoms with Gasteiger partial charge in [-0.1, -0.05) is 18.2 Å². The molecule has 3 heterocycles. The number of anilines is 2. The van der Waals surface area contributed by atoms with E-state index in [1.54, 1.807) is 30.8 Å². The highest BCUT2D eigenvalue weighted by molar-refractivity contribution is 6.07. The van der Waals surface area contributed by atoms with Gasteiger partial charge in [0.1, 0.15) is 5.76 Å². The first-order chi connectivity index (χ1) is 16.7. The summed E-state index contributed by atoms with van der Waals surface area (Å²) >= 11 is 0. The number of H-pyrrole nitrogens is 1. The van der Waals surface area contributed by atoms with Crippen molar-refractivity contribution in [1.82, 2.24) is 20.6 Å². The normalized spacial score (nSPS) is 14.9. The number of ketones is 1. The fourth-order valence-corrected chi connectivity index (χ4v) is 4.29. The lowest BCUT2D eigenvalue weighted by Gasteiger charge is -2.22. The van der Waals surface area contributed by atoms with E-state index in [0.717, 1.165) is 28.3 Å². The highest BCUT2D eigenvalue weighted by Gasteiger charge is 2.32. The van der Waals surface area contributed by atoms with E-state index in [0.29, 0.717) is 37.3 Å². The lowest BCUT2D eigenvalue weighted by atomic mass is 9.86. The van der Waals surface area contributed by atoms with Crippen LogP contribution in [-0.4, -0.2) is 28.3 Å². The standard InChI is InChI=1S/C26H25N5O3/c32-22-14-17(15-28-26(33)29-16-20-7-4-12-34-20)13-21-23(22)25(30-19-5-2-1-3-6-19)24(31-21)18-8-10-27-11-9-18/h1-12,17,30-31H,13-16H2,(H2,28,29,33). The Balaban J connectivity index is 1.33. The van der Waals surface area contributed by atoms with Gasteiger partial charge < -0.3 is 25.4 Å². The molecule has 34 heavy (non-hydrogen) atoms. The zero-order valence-electron chi connectivity index (χ0n) is 18.5. The van der Waals surface area contributed by atoms with Gasteiger partial charge in [0.15, 0.2) is 5.78 Å². The van der Waals surface area contributed by atoms with E-state index >= 15 is 0 Å². The summed E-state index contributed by atoms with van der Waals surface area (Å²) in [7, 11) is 0. The predicted molar refractivity (Wildman–Crippen MR) is 129 cm³/mol. The van der Waals surface area contributed by atoms with Gasteiger partial charge in [0.25, 0.3) is 0 Å². The maximum atomic E-state index is 13.3. The molecule has 5 rings (SSSR count). The van der Waals surface area contributed by atoms with E-state index in [1.807, 2.05) is 42.5 Å². The molecular weight excluding hydrogens is 430 g/mol. The number of amides is 2. The first kappa shape index (κ1) is 21.5. The Morgan fingerprint density at radius 3 is 2.62 bits per heavy atom. The van der Waals surface area contributed by atoms with Crippen LogP contribution in [0.25, 0.3) is 11.3 Å². The number of aromatic amines is 1. The smallest absolute Gasteiger partial charge is 0.315 e. The fraction of sp³-hybridized carbons (Fsp3) is 0.192. The van der Waals surface area contributed by atoms with E-state index in [2.05, 4.69) is 25.9 Å². The molecular formula is C26H25N5O3. The molecule has 0 spiro atoms. The van der Waals surface area contributed by atoms with Crippen molar-refractivity contribution in [2.75, 3.05) is 11.9 Å². The van der Waals surface area contributed by atoms with Crippen LogP contribution in [0.4, 0.5) is 16.2 Å². The second kappa shape index (κ2) is 9.66. The number of hydrogen-bond donors (Lipinski definition) is 4. The van der Waals surface area contributed by atoms with Crippen LogP contribution >= 0.6 is 0 Å². The van der Waals surface area contributed by atoms with Gasteiger partial charge in [0.2, 0.25) is 0 Å². The van der Waals surface area contributed by atoms with Crippen LogP contribution in [0.3, 0.4) is 0 Å². The maximum Gasteiger partial charge on any atom is 0.315 e. The number of aromatic nitrogens is 2. The number of fused-ring (bicyclic) bond motifs is 1. The Labute approximate surface area is 196 Å². The molecule has 1 aliphatic rings. The molecule has 1 aromatic carbocycles. The average molecular weight is 456 g/mol. The lowest BCUT2D eigenvalue weighted by molar-refractivity contribution is 0.0949. The number of nitrogens with zero attached hydrogens (tertiary/aromatic N) is 1. The Hall–Kier alpha value is -4.33. The molecule has 4 N–H and O–H groups in total. The van der Waals surface area contributed by atoms with Gasteiger partial charge >= 0.3 is 6.03 Å². The zero-order valence-corrected chi connectivity index (χ0v) is 18.5. The van der Waals surface area contributed by atoms with Gasteiger partial charge in [-0.2, -0.15) is 0 Å². The highest BCUT2D eigenvalue weighted by Crippen LogP contribution is 2.39. The monoisotopic (exact) mass is 455 g/mol. The first-order valence-corrected chi connectivity index (χ1v) is 11.2. The van der Waals surface area contributed by atoms with E-state index in [1.165, 1.54) is 0 Å². The Kier molecular flexibility index (Phi) is 6.11. The highest BCUT2D eigenvalue weighted by atomic mass is 16.3. The largest absolute Gasteiger partial charge is 0.467 e. The van der Waals surface area contributed by atoms with Gasteiger partial charge in [-0.3, -0.25) is 9.78 Å². The van der Waals surface area contributed by atoms with Crippen molar-refractivity contribution in [2.24, 2.45) is 5.92 Å². The van der Waals surface area contributed by atoms with Crippen molar-refractivity contribution in [1.29, 1.82) is 0 Å². The molecule has 1 unspecified atom stereocenters. The molecule has 3 aromatic heterocycles. The molecule has 0 bridgehead atoms. The Morgan fingerprint density at radius 2 is 1.85 bits per heavy atom. The number of hydrogen-bond acceptors (Lipinski definition) is 5. The van der Waals surface area contributed by atoms with E-state index in [4.69, 9.17) is 4.42 Å². The van der Waals surface area contributed by atoms with Crippen LogP contribution in [0.2, 0.25) is 0 Å². The molecule has 2 amide bonds. The van der Waals surface area contributed by atoms with Crippen molar-refractivity contribution in [2.45, 2.75) is 19.4 Å². The van der Waals surface area contributed by atoms with Crippen molar-refractivity contribution in [3.8, 4) is 11.3 Å². The zero-order chi connectivity index (χ0) is 23.3. The van der Waals surface area contributed by atoms with Crippen LogP contribution in [0, 0.1) is 5.92 Å². The summed E-state index contributed by atoms with van der Waals surface area (Å²) in [6.45, 7) is 0.716. The molecule has 1 aliphatic carbocycles. The number of Topliss-reactive ketones (excluding diaryl/α,β-unsaturated/α-hetero) is 1. The Bertz CT molecular complexity index is 1270. The van der Waals surface area contributed by atoms with Gasteiger partial charge in [0, 0.05) is 42.3 Å². The van der Waals surface area contributed by atoms with Crippen LogP contribution in [0.15, 0.2) is 77.7 Å². The molecule has 1 atom stereocenters. The van der Waals surface area contributed by atoms with Crippen LogP contribution in [0.5, 0.6) is 0 Å². The van der Waals surface area contributed by atoms with Gasteiger partial charge in [-0.15, -0.1) is 0 Å². The number of carbonyl (C=O) groups excluding carboxylic acids is 2. The summed E-state index contributed by atoms with van der Waals surface area (Å²) < 4.78 is 5.22. The van der Waals surface area contributed by atoms with Gasteiger partial charge in [0.05, 0.1) is 29.8 Å². The number of rotatable bonds is 7. The van der Waals surface area contributed by atoms with E-state index < -0.39 is 0 Å². The van der Waals surface area contributed by atoms with Crippen molar-refractivity contribution >= 4 is 23.2 Å². The van der Waals surface area contributed by atoms with Crippen molar-refractivity contribution in [3.63, 3.8) is 0 Å². The third-order valence-corrected chi connectivity index (χ3v) is 5.89. The fourth-order valence-electron chi connectivity index (χ4n) is 4.29. The summed E-state index contributed by atoms with van der Waals surface area (Å²) in [5.41, 5.74) is 5.06. The molecule has 4 aromatic rings. The number of nitrogens with one attached hydrogen (secondary N) is 4. The quantitative estimate of drug-likeness (QED) is 0.324.